The Balaban J connectivity index is 0.00000338. The molecule has 1 atom stereocenters. The molecule has 3 N–H and O–H groups in total. The third-order valence-electron chi connectivity index (χ3n) is 3.85. The predicted octanol–water partition coefficient (Wildman–Crippen LogP) is 3.24. The van der Waals surface area contributed by atoms with Gasteiger partial charge in [-0.25, -0.2) is 0 Å². The molecule has 5 nitrogen and oxygen atoms in total. The van der Waals surface area contributed by atoms with Crippen molar-refractivity contribution in [1.29, 1.82) is 0 Å². The first kappa shape index (κ1) is 22.0. The molecule has 0 saturated carbocycles. The largest absolute Gasteiger partial charge is 0.356 e. The predicted molar refractivity (Wildman–Crippen MR) is 118 cm³/mol. The SMILES string of the molecule is CN=C(NCCC(=O)NCc1ccccc1)NC(C)c1ccccc1.I. The number of carbonyl (C=O) groups excluding carboxylic acids is 1. The third kappa shape index (κ3) is 7.86. The lowest BCUT2D eigenvalue weighted by atomic mass is 10.1. The molecule has 2 aromatic rings. The Bertz CT molecular complexity index is 677. The smallest absolute Gasteiger partial charge is 0.222 e. The molecule has 26 heavy (non-hydrogen) atoms. The van der Waals surface area contributed by atoms with Crippen molar-refractivity contribution in [2.75, 3.05) is 13.6 Å². The average Bonchev–Trinajstić information content (AvgIpc) is 2.67. The van der Waals surface area contributed by atoms with E-state index >= 15 is 0 Å². The Morgan fingerprint density at radius 3 is 2.23 bits per heavy atom. The summed E-state index contributed by atoms with van der Waals surface area (Å²) in [7, 11) is 1.72. The summed E-state index contributed by atoms with van der Waals surface area (Å²) >= 11 is 0. The molecule has 0 aromatic heterocycles. The average molecular weight is 466 g/mol. The van der Waals surface area contributed by atoms with Gasteiger partial charge in [-0.15, -0.1) is 24.0 Å². The fourth-order valence-corrected chi connectivity index (χ4v) is 2.40. The highest BCUT2D eigenvalue weighted by Crippen LogP contribution is 2.10. The second-order valence-corrected chi connectivity index (χ2v) is 5.79. The molecule has 1 unspecified atom stereocenters. The Kier molecular flexibility index (Phi) is 10.4. The van der Waals surface area contributed by atoms with Crippen molar-refractivity contribution >= 4 is 35.8 Å². The number of aliphatic imine (C=N–C) groups is 1. The summed E-state index contributed by atoms with van der Waals surface area (Å²) in [5, 5.41) is 9.42. The van der Waals surface area contributed by atoms with Crippen molar-refractivity contribution in [2.45, 2.75) is 25.9 Å². The van der Waals surface area contributed by atoms with Crippen LogP contribution in [0.3, 0.4) is 0 Å². The number of halogens is 1. The number of nitrogens with zero attached hydrogens (tertiary/aromatic N) is 1. The van der Waals surface area contributed by atoms with Gasteiger partial charge in [0.1, 0.15) is 0 Å². The molecule has 2 rings (SSSR count). The number of rotatable bonds is 7. The molecule has 1 amide bonds. The van der Waals surface area contributed by atoms with Gasteiger partial charge in [-0.3, -0.25) is 9.79 Å². The summed E-state index contributed by atoms with van der Waals surface area (Å²) < 4.78 is 0. The van der Waals surface area contributed by atoms with E-state index in [0.717, 1.165) is 5.56 Å². The molecule has 0 aliphatic carbocycles. The van der Waals surface area contributed by atoms with Crippen LogP contribution in [0.1, 0.15) is 30.5 Å². The van der Waals surface area contributed by atoms with E-state index in [-0.39, 0.29) is 35.9 Å². The topological polar surface area (TPSA) is 65.5 Å². The van der Waals surface area contributed by atoms with E-state index in [1.165, 1.54) is 5.56 Å². The quantitative estimate of drug-likeness (QED) is 0.334. The fourth-order valence-electron chi connectivity index (χ4n) is 2.40. The maximum Gasteiger partial charge on any atom is 0.222 e. The number of hydrogen-bond donors (Lipinski definition) is 3. The van der Waals surface area contributed by atoms with E-state index in [1.54, 1.807) is 7.05 Å². The summed E-state index contributed by atoms with van der Waals surface area (Å²) in [6.45, 7) is 3.16. The summed E-state index contributed by atoms with van der Waals surface area (Å²) in [5.74, 6) is 0.704. The van der Waals surface area contributed by atoms with Crippen molar-refractivity contribution in [3.8, 4) is 0 Å². The van der Waals surface area contributed by atoms with Gasteiger partial charge in [-0.05, 0) is 18.1 Å². The van der Waals surface area contributed by atoms with Crippen molar-refractivity contribution in [2.24, 2.45) is 4.99 Å². The van der Waals surface area contributed by atoms with Crippen LogP contribution in [-0.4, -0.2) is 25.5 Å². The molecule has 140 valence electrons. The van der Waals surface area contributed by atoms with Crippen LogP contribution in [-0.2, 0) is 11.3 Å². The zero-order valence-electron chi connectivity index (χ0n) is 15.2. The fraction of sp³-hybridized carbons (Fsp3) is 0.300. The van der Waals surface area contributed by atoms with E-state index in [0.29, 0.717) is 25.5 Å². The van der Waals surface area contributed by atoms with Gasteiger partial charge >= 0.3 is 0 Å². The van der Waals surface area contributed by atoms with Crippen LogP contribution in [0.4, 0.5) is 0 Å². The Hall–Kier alpha value is -2.09. The molecule has 0 saturated heterocycles. The van der Waals surface area contributed by atoms with Crippen LogP contribution in [0, 0.1) is 0 Å². The normalized spacial score (nSPS) is 11.8. The van der Waals surface area contributed by atoms with Gasteiger partial charge in [0.25, 0.3) is 0 Å². The Morgan fingerprint density at radius 1 is 1.00 bits per heavy atom. The van der Waals surface area contributed by atoms with Gasteiger partial charge in [0.05, 0.1) is 6.04 Å². The van der Waals surface area contributed by atoms with Crippen LogP contribution in [0.25, 0.3) is 0 Å². The van der Waals surface area contributed by atoms with Gasteiger partial charge in [-0.2, -0.15) is 0 Å². The summed E-state index contributed by atoms with van der Waals surface area (Å²) in [4.78, 5) is 16.1. The number of amides is 1. The molecule has 0 aliphatic rings. The number of guanidine groups is 1. The van der Waals surface area contributed by atoms with Crippen molar-refractivity contribution in [3.05, 3.63) is 71.8 Å². The van der Waals surface area contributed by atoms with Crippen LogP contribution in [0.5, 0.6) is 0 Å². The highest BCUT2D eigenvalue weighted by molar-refractivity contribution is 14.0. The van der Waals surface area contributed by atoms with Gasteiger partial charge in [-0.1, -0.05) is 60.7 Å². The summed E-state index contributed by atoms with van der Waals surface area (Å²) in [6.07, 6.45) is 0.396. The van der Waals surface area contributed by atoms with Crippen LogP contribution < -0.4 is 16.0 Å². The highest BCUT2D eigenvalue weighted by atomic mass is 127. The molecule has 2 aromatic carbocycles. The van der Waals surface area contributed by atoms with Crippen molar-refractivity contribution in [1.82, 2.24) is 16.0 Å². The number of hydrogen-bond acceptors (Lipinski definition) is 2. The molecular formula is C20H27IN4O. The minimum Gasteiger partial charge on any atom is -0.356 e. The highest BCUT2D eigenvalue weighted by Gasteiger charge is 2.07. The minimum absolute atomic E-state index is 0. The van der Waals surface area contributed by atoms with Gasteiger partial charge in [0.2, 0.25) is 5.91 Å². The van der Waals surface area contributed by atoms with E-state index in [4.69, 9.17) is 0 Å². The standard InChI is InChI=1S/C20H26N4O.HI/c1-16(18-11-7-4-8-12-18)24-20(21-2)22-14-13-19(25)23-15-17-9-5-3-6-10-17;/h3-12,16H,13-15H2,1-2H3,(H,23,25)(H2,21,22,24);1H. The third-order valence-corrected chi connectivity index (χ3v) is 3.85. The second-order valence-electron chi connectivity index (χ2n) is 5.79. The van der Waals surface area contributed by atoms with Crippen LogP contribution in [0.2, 0.25) is 0 Å². The van der Waals surface area contributed by atoms with Gasteiger partial charge in [0, 0.05) is 26.6 Å². The first-order valence-corrected chi connectivity index (χ1v) is 8.52. The Morgan fingerprint density at radius 2 is 1.62 bits per heavy atom. The Labute approximate surface area is 172 Å². The van der Waals surface area contributed by atoms with E-state index in [9.17, 15) is 4.79 Å². The molecule has 0 fully saturated rings. The van der Waals surface area contributed by atoms with Crippen LogP contribution in [0.15, 0.2) is 65.7 Å². The molecule has 0 heterocycles. The lowest BCUT2D eigenvalue weighted by Gasteiger charge is -2.18. The number of nitrogens with one attached hydrogen (secondary N) is 3. The molecule has 0 bridgehead atoms. The van der Waals surface area contributed by atoms with Crippen molar-refractivity contribution in [3.63, 3.8) is 0 Å². The molecule has 0 aliphatic heterocycles. The first-order valence-electron chi connectivity index (χ1n) is 8.52. The lowest BCUT2D eigenvalue weighted by Crippen LogP contribution is -2.40. The van der Waals surface area contributed by atoms with Crippen molar-refractivity contribution < 1.29 is 4.79 Å². The van der Waals surface area contributed by atoms with E-state index < -0.39 is 0 Å². The zero-order chi connectivity index (χ0) is 17.9. The minimum atomic E-state index is 0. The monoisotopic (exact) mass is 466 g/mol. The second kappa shape index (κ2) is 12.3. The van der Waals surface area contributed by atoms with Crippen LogP contribution >= 0.6 is 24.0 Å². The van der Waals surface area contributed by atoms with E-state index in [2.05, 4.69) is 40.0 Å². The first-order chi connectivity index (χ1) is 12.2. The number of benzene rings is 2. The zero-order valence-corrected chi connectivity index (χ0v) is 17.6. The lowest BCUT2D eigenvalue weighted by molar-refractivity contribution is -0.121. The molecule has 0 spiro atoms. The molecule has 6 heteroatoms. The number of carbonyl (C=O) groups is 1. The maximum absolute atomic E-state index is 11.9. The molecular weight excluding hydrogens is 439 g/mol. The summed E-state index contributed by atoms with van der Waals surface area (Å²) in [6, 6.07) is 20.2. The maximum atomic E-state index is 11.9. The van der Waals surface area contributed by atoms with E-state index in [1.807, 2.05) is 48.5 Å². The van der Waals surface area contributed by atoms with Gasteiger partial charge < -0.3 is 16.0 Å². The van der Waals surface area contributed by atoms with Gasteiger partial charge in [0.15, 0.2) is 5.96 Å². The summed E-state index contributed by atoms with van der Waals surface area (Å²) in [5.41, 5.74) is 2.28. The molecule has 0 radical (unpaired) electrons.